The van der Waals surface area contributed by atoms with Gasteiger partial charge in [0.25, 0.3) is 0 Å². The summed E-state index contributed by atoms with van der Waals surface area (Å²) in [7, 11) is 0. The number of halogens is 1. The minimum Gasteiger partial charge on any atom is -1.00 e. The fourth-order valence-electron chi connectivity index (χ4n) is 3.38. The van der Waals surface area contributed by atoms with Gasteiger partial charge in [-0.25, -0.2) is 0 Å². The average molecular weight is 293 g/mol. The van der Waals surface area contributed by atoms with Crippen molar-refractivity contribution in [2.75, 3.05) is 26.2 Å². The molecule has 1 aromatic rings. The minimum atomic E-state index is 0. The first-order chi connectivity index (χ1) is 9.43. The maximum absolute atomic E-state index is 2.65. The Bertz CT molecular complexity index is 442. The molecule has 0 aliphatic carbocycles. The summed E-state index contributed by atoms with van der Waals surface area (Å²) < 4.78 is 2.65. The van der Waals surface area contributed by atoms with Crippen molar-refractivity contribution in [3.05, 3.63) is 35.9 Å². The van der Waals surface area contributed by atoms with E-state index in [9.17, 15) is 0 Å². The molecule has 20 heavy (non-hydrogen) atoms. The van der Waals surface area contributed by atoms with E-state index in [1.807, 2.05) is 0 Å². The molecule has 0 radical (unpaired) electrons. The van der Waals surface area contributed by atoms with Crippen molar-refractivity contribution in [1.29, 1.82) is 0 Å². The van der Waals surface area contributed by atoms with E-state index in [2.05, 4.69) is 39.8 Å². The van der Waals surface area contributed by atoms with E-state index in [1.54, 1.807) is 5.84 Å². The van der Waals surface area contributed by atoms with E-state index in [4.69, 9.17) is 0 Å². The molecule has 0 aromatic heterocycles. The molecule has 0 saturated carbocycles. The molecule has 1 aromatic carbocycles. The predicted octanol–water partition coefficient (Wildman–Crippen LogP) is -0.0762. The fourth-order valence-corrected chi connectivity index (χ4v) is 3.38. The normalized spacial score (nSPS) is 19.1. The van der Waals surface area contributed by atoms with Crippen molar-refractivity contribution in [3.8, 4) is 0 Å². The van der Waals surface area contributed by atoms with Gasteiger partial charge in [0, 0.05) is 19.3 Å². The first kappa shape index (κ1) is 15.4. The smallest absolute Gasteiger partial charge is 0.246 e. The van der Waals surface area contributed by atoms with Gasteiger partial charge < -0.3 is 12.4 Å². The van der Waals surface area contributed by atoms with Crippen LogP contribution >= 0.6 is 0 Å². The maximum atomic E-state index is 2.65. The van der Waals surface area contributed by atoms with Gasteiger partial charge >= 0.3 is 0 Å². The molecule has 2 aliphatic heterocycles. The quantitative estimate of drug-likeness (QED) is 0.707. The Kier molecular flexibility index (Phi) is 5.90. The standard InChI is InChI=1S/C17H25N2.ClH/c1-3-8-16(9-4-1)11-15-19-14-7-13-18-12-6-2-5-10-17(18)19;/h1,3-4,8-9H,2,5-7,10-15H2;1H/q+1;/p-1. The van der Waals surface area contributed by atoms with Crippen molar-refractivity contribution in [3.63, 3.8) is 0 Å². The van der Waals surface area contributed by atoms with Crippen LogP contribution in [0.1, 0.15) is 37.7 Å². The molecule has 2 nitrogen and oxygen atoms in total. The molecular weight excluding hydrogens is 268 g/mol. The van der Waals surface area contributed by atoms with Gasteiger partial charge in [-0.2, -0.15) is 0 Å². The van der Waals surface area contributed by atoms with Crippen molar-refractivity contribution < 1.29 is 17.0 Å². The molecule has 1 fully saturated rings. The lowest BCUT2D eigenvalue weighted by Crippen LogP contribution is -3.00. The molecule has 3 rings (SSSR count). The summed E-state index contributed by atoms with van der Waals surface area (Å²) in [6.07, 6.45) is 7.99. The number of fused-ring (bicyclic) bond motifs is 1. The third-order valence-electron chi connectivity index (χ3n) is 4.43. The molecule has 0 unspecified atom stereocenters. The number of nitrogens with zero attached hydrogens (tertiary/aromatic N) is 2. The van der Waals surface area contributed by atoms with Gasteiger partial charge in [0.2, 0.25) is 5.84 Å². The van der Waals surface area contributed by atoms with E-state index >= 15 is 0 Å². The Morgan fingerprint density at radius 2 is 1.75 bits per heavy atom. The summed E-state index contributed by atoms with van der Waals surface area (Å²) in [6, 6.07) is 10.9. The Morgan fingerprint density at radius 1 is 0.950 bits per heavy atom. The van der Waals surface area contributed by atoms with E-state index in [1.165, 1.54) is 70.3 Å². The second-order valence-electron chi connectivity index (χ2n) is 5.79. The summed E-state index contributed by atoms with van der Waals surface area (Å²) in [6.45, 7) is 5.03. The van der Waals surface area contributed by atoms with Crippen molar-refractivity contribution in [1.82, 2.24) is 4.90 Å². The van der Waals surface area contributed by atoms with Crippen LogP contribution in [0.4, 0.5) is 0 Å². The molecule has 0 spiro atoms. The minimum absolute atomic E-state index is 0. The van der Waals surface area contributed by atoms with Gasteiger partial charge in [0.15, 0.2) is 0 Å². The molecular formula is C17H25ClN2. The van der Waals surface area contributed by atoms with Crippen LogP contribution in [-0.2, 0) is 6.42 Å². The van der Waals surface area contributed by atoms with Crippen LogP contribution in [0.15, 0.2) is 30.3 Å². The monoisotopic (exact) mass is 292 g/mol. The van der Waals surface area contributed by atoms with Gasteiger partial charge in [-0.1, -0.05) is 30.3 Å². The Balaban J connectivity index is 0.00000147. The Labute approximate surface area is 128 Å². The second kappa shape index (κ2) is 7.68. The lowest BCUT2D eigenvalue weighted by atomic mass is 10.1. The van der Waals surface area contributed by atoms with Crippen LogP contribution in [0.5, 0.6) is 0 Å². The summed E-state index contributed by atoms with van der Waals surface area (Å²) >= 11 is 0. The molecule has 2 aliphatic rings. The summed E-state index contributed by atoms with van der Waals surface area (Å²) in [5, 5.41) is 0. The highest BCUT2D eigenvalue weighted by molar-refractivity contribution is 5.78. The molecule has 0 N–H and O–H groups in total. The van der Waals surface area contributed by atoms with Crippen LogP contribution in [0, 0.1) is 0 Å². The molecule has 2 heterocycles. The van der Waals surface area contributed by atoms with Gasteiger partial charge in [-0.05, 0) is 24.8 Å². The topological polar surface area (TPSA) is 6.25 Å². The number of rotatable bonds is 3. The second-order valence-corrected chi connectivity index (χ2v) is 5.79. The highest BCUT2D eigenvalue weighted by atomic mass is 35.5. The van der Waals surface area contributed by atoms with Crippen LogP contribution in [0.3, 0.4) is 0 Å². The van der Waals surface area contributed by atoms with E-state index in [0.717, 1.165) is 0 Å². The first-order valence-electron chi connectivity index (χ1n) is 7.83. The fraction of sp³-hybridized carbons (Fsp3) is 0.588. The Morgan fingerprint density at radius 3 is 2.60 bits per heavy atom. The van der Waals surface area contributed by atoms with Crippen LogP contribution in [0.2, 0.25) is 0 Å². The lowest BCUT2D eigenvalue weighted by molar-refractivity contribution is -0.539. The highest BCUT2D eigenvalue weighted by Crippen LogP contribution is 2.16. The third-order valence-corrected chi connectivity index (χ3v) is 4.43. The number of hydrogen-bond acceptors (Lipinski definition) is 1. The number of hydrogen-bond donors (Lipinski definition) is 0. The van der Waals surface area contributed by atoms with Crippen LogP contribution < -0.4 is 12.4 Å². The van der Waals surface area contributed by atoms with Crippen molar-refractivity contribution in [2.45, 2.75) is 38.5 Å². The van der Waals surface area contributed by atoms with E-state index in [-0.39, 0.29) is 12.4 Å². The maximum Gasteiger partial charge on any atom is 0.246 e. The first-order valence-corrected chi connectivity index (χ1v) is 7.83. The van der Waals surface area contributed by atoms with Crippen LogP contribution in [0.25, 0.3) is 0 Å². The van der Waals surface area contributed by atoms with E-state index < -0.39 is 0 Å². The van der Waals surface area contributed by atoms with Gasteiger partial charge in [0.05, 0.1) is 26.2 Å². The molecule has 110 valence electrons. The SMILES string of the molecule is [Cl-].c1ccc(CC[N+]2=C3CCCCCN3CCC2)cc1. The van der Waals surface area contributed by atoms with E-state index in [0.29, 0.717) is 0 Å². The predicted molar refractivity (Wildman–Crippen MR) is 79.8 cm³/mol. The van der Waals surface area contributed by atoms with Gasteiger partial charge in [0.1, 0.15) is 0 Å². The number of benzene rings is 1. The zero-order valence-electron chi connectivity index (χ0n) is 12.2. The Hall–Kier alpha value is -1.02. The van der Waals surface area contributed by atoms with Gasteiger partial charge in [-0.15, -0.1) is 0 Å². The molecule has 0 bridgehead atoms. The molecule has 3 heteroatoms. The molecule has 0 atom stereocenters. The van der Waals surface area contributed by atoms with Gasteiger partial charge in [-0.3, -0.25) is 9.48 Å². The zero-order valence-corrected chi connectivity index (χ0v) is 13.0. The summed E-state index contributed by atoms with van der Waals surface area (Å²) in [5.74, 6) is 1.64. The van der Waals surface area contributed by atoms with Crippen LogP contribution in [-0.4, -0.2) is 41.5 Å². The largest absolute Gasteiger partial charge is 1.00 e. The molecule has 0 amide bonds. The van der Waals surface area contributed by atoms with Crippen molar-refractivity contribution >= 4 is 5.84 Å². The summed E-state index contributed by atoms with van der Waals surface area (Å²) in [4.78, 5) is 2.65. The third kappa shape index (κ3) is 3.76. The van der Waals surface area contributed by atoms with Crippen molar-refractivity contribution in [2.24, 2.45) is 0 Å². The summed E-state index contributed by atoms with van der Waals surface area (Å²) in [5.41, 5.74) is 1.47. The lowest BCUT2D eigenvalue weighted by Gasteiger charge is -2.25. The average Bonchev–Trinajstić information content (AvgIpc) is 2.72. The highest BCUT2D eigenvalue weighted by Gasteiger charge is 2.28. The number of amidine groups is 1. The zero-order chi connectivity index (χ0) is 12.9. The molecule has 1 saturated heterocycles.